The highest BCUT2D eigenvalue weighted by atomic mass is 15.2. The van der Waals surface area contributed by atoms with Gasteiger partial charge < -0.3 is 5.32 Å². The number of likely N-dealkylation sites (tertiary alicyclic amines) is 1. The van der Waals surface area contributed by atoms with Gasteiger partial charge in [-0.3, -0.25) is 4.90 Å². The molecule has 0 amide bonds. The van der Waals surface area contributed by atoms with Crippen molar-refractivity contribution in [3.63, 3.8) is 0 Å². The van der Waals surface area contributed by atoms with E-state index in [4.69, 9.17) is 0 Å². The van der Waals surface area contributed by atoms with Crippen LogP contribution in [0.25, 0.3) is 0 Å². The van der Waals surface area contributed by atoms with E-state index in [9.17, 15) is 0 Å². The third-order valence-corrected chi connectivity index (χ3v) is 3.96. The van der Waals surface area contributed by atoms with Crippen molar-refractivity contribution in [1.82, 2.24) is 10.2 Å². The lowest BCUT2D eigenvalue weighted by Gasteiger charge is -2.36. The number of nitrogens with one attached hydrogen (secondary N) is 1. The van der Waals surface area contributed by atoms with E-state index in [0.717, 1.165) is 6.04 Å². The van der Waals surface area contributed by atoms with Gasteiger partial charge in [0.25, 0.3) is 0 Å². The average Bonchev–Trinajstić information content (AvgIpc) is 2.58. The molecule has 16 heavy (non-hydrogen) atoms. The van der Waals surface area contributed by atoms with Crippen molar-refractivity contribution in [2.75, 3.05) is 20.1 Å². The van der Waals surface area contributed by atoms with Gasteiger partial charge in [0.15, 0.2) is 0 Å². The van der Waals surface area contributed by atoms with Crippen molar-refractivity contribution in [3.8, 4) is 0 Å². The summed E-state index contributed by atoms with van der Waals surface area (Å²) < 4.78 is 0. The summed E-state index contributed by atoms with van der Waals surface area (Å²) in [7, 11) is 2.13. The molecule has 1 aliphatic rings. The van der Waals surface area contributed by atoms with Gasteiger partial charge in [-0.1, -0.05) is 33.1 Å². The molecule has 0 bridgehead atoms. The van der Waals surface area contributed by atoms with Crippen molar-refractivity contribution < 1.29 is 0 Å². The molecule has 0 aromatic rings. The summed E-state index contributed by atoms with van der Waals surface area (Å²) in [4.78, 5) is 2.74. The lowest BCUT2D eigenvalue weighted by Crippen LogP contribution is -2.49. The van der Waals surface area contributed by atoms with E-state index in [1.165, 1.54) is 58.0 Å². The molecule has 2 nitrogen and oxygen atoms in total. The molecule has 1 saturated heterocycles. The summed E-state index contributed by atoms with van der Waals surface area (Å²) in [6.45, 7) is 7.27. The second kappa shape index (κ2) is 8.08. The van der Waals surface area contributed by atoms with Crippen LogP contribution in [0.15, 0.2) is 0 Å². The molecular weight excluding hydrogens is 196 g/mol. The Morgan fingerprint density at radius 2 is 1.69 bits per heavy atom. The molecule has 1 rings (SSSR count). The number of nitrogens with zero attached hydrogens (tertiary/aromatic N) is 1. The summed E-state index contributed by atoms with van der Waals surface area (Å²) in [6.07, 6.45) is 9.56. The first-order chi connectivity index (χ1) is 7.83. The van der Waals surface area contributed by atoms with Crippen LogP contribution >= 0.6 is 0 Å². The molecule has 1 fully saturated rings. The topological polar surface area (TPSA) is 15.3 Å². The first-order valence-corrected chi connectivity index (χ1v) is 7.24. The van der Waals surface area contributed by atoms with E-state index in [1.54, 1.807) is 0 Å². The Kier molecular flexibility index (Phi) is 7.06. The van der Waals surface area contributed by atoms with Crippen LogP contribution in [0.1, 0.15) is 58.8 Å². The van der Waals surface area contributed by atoms with Crippen molar-refractivity contribution in [2.45, 2.75) is 70.9 Å². The maximum absolute atomic E-state index is 3.53. The van der Waals surface area contributed by atoms with Gasteiger partial charge in [-0.25, -0.2) is 0 Å². The number of likely N-dealkylation sites (N-methyl/N-ethyl adjacent to an activating group) is 1. The Morgan fingerprint density at radius 3 is 2.12 bits per heavy atom. The van der Waals surface area contributed by atoms with E-state index >= 15 is 0 Å². The third-order valence-electron chi connectivity index (χ3n) is 3.96. The van der Waals surface area contributed by atoms with Crippen LogP contribution in [0.4, 0.5) is 0 Å². The second-order valence-corrected chi connectivity index (χ2v) is 5.11. The Hall–Kier alpha value is -0.0800. The van der Waals surface area contributed by atoms with E-state index in [2.05, 4.69) is 31.1 Å². The van der Waals surface area contributed by atoms with E-state index in [-0.39, 0.29) is 0 Å². The SMILES string of the molecule is CCCC(NC)C(CC)N1CCCCCC1. The fourth-order valence-electron chi connectivity index (χ4n) is 3.06. The molecule has 1 heterocycles. The largest absolute Gasteiger partial charge is 0.315 e. The Labute approximate surface area is 102 Å². The molecule has 2 unspecified atom stereocenters. The average molecular weight is 226 g/mol. The second-order valence-electron chi connectivity index (χ2n) is 5.11. The van der Waals surface area contributed by atoms with Crippen LogP contribution in [-0.4, -0.2) is 37.1 Å². The van der Waals surface area contributed by atoms with Crippen LogP contribution in [0.2, 0.25) is 0 Å². The summed E-state index contributed by atoms with van der Waals surface area (Å²) >= 11 is 0. The molecule has 1 N–H and O–H groups in total. The minimum Gasteiger partial charge on any atom is -0.315 e. The minimum absolute atomic E-state index is 0.688. The van der Waals surface area contributed by atoms with Crippen LogP contribution < -0.4 is 5.32 Å². The highest BCUT2D eigenvalue weighted by molar-refractivity contribution is 4.83. The summed E-state index contributed by atoms with van der Waals surface area (Å²) in [5.74, 6) is 0. The number of rotatable bonds is 6. The van der Waals surface area contributed by atoms with Gasteiger partial charge in [0, 0.05) is 12.1 Å². The van der Waals surface area contributed by atoms with Crippen LogP contribution in [0, 0.1) is 0 Å². The van der Waals surface area contributed by atoms with Gasteiger partial charge in [-0.15, -0.1) is 0 Å². The Balaban J connectivity index is 2.54. The van der Waals surface area contributed by atoms with E-state index in [1.807, 2.05) is 0 Å². The predicted molar refractivity (Wildman–Crippen MR) is 71.9 cm³/mol. The van der Waals surface area contributed by atoms with Crippen LogP contribution in [-0.2, 0) is 0 Å². The van der Waals surface area contributed by atoms with Gasteiger partial charge >= 0.3 is 0 Å². The highest BCUT2D eigenvalue weighted by Crippen LogP contribution is 2.18. The van der Waals surface area contributed by atoms with E-state index in [0.29, 0.717) is 6.04 Å². The van der Waals surface area contributed by atoms with Crippen LogP contribution in [0.5, 0.6) is 0 Å². The zero-order valence-corrected chi connectivity index (χ0v) is 11.5. The summed E-state index contributed by atoms with van der Waals surface area (Å²) in [5, 5.41) is 3.53. The van der Waals surface area contributed by atoms with E-state index < -0.39 is 0 Å². The molecule has 2 heteroatoms. The fourth-order valence-corrected chi connectivity index (χ4v) is 3.06. The standard InChI is InChI=1S/C14H30N2/c1-4-10-13(15-3)14(5-2)16-11-8-6-7-9-12-16/h13-15H,4-12H2,1-3H3. The Morgan fingerprint density at radius 1 is 1.06 bits per heavy atom. The molecule has 2 atom stereocenters. The molecular formula is C14H30N2. The van der Waals surface area contributed by atoms with Crippen molar-refractivity contribution in [1.29, 1.82) is 0 Å². The number of hydrogen-bond acceptors (Lipinski definition) is 2. The molecule has 96 valence electrons. The summed E-state index contributed by atoms with van der Waals surface area (Å²) in [5.41, 5.74) is 0. The molecule has 0 aromatic carbocycles. The van der Waals surface area contributed by atoms with Crippen molar-refractivity contribution in [2.24, 2.45) is 0 Å². The zero-order valence-electron chi connectivity index (χ0n) is 11.5. The summed E-state index contributed by atoms with van der Waals surface area (Å²) in [6, 6.07) is 1.44. The molecule has 1 aliphatic heterocycles. The van der Waals surface area contributed by atoms with Crippen molar-refractivity contribution in [3.05, 3.63) is 0 Å². The fraction of sp³-hybridized carbons (Fsp3) is 1.00. The molecule has 0 spiro atoms. The van der Waals surface area contributed by atoms with Gasteiger partial charge in [-0.05, 0) is 45.8 Å². The van der Waals surface area contributed by atoms with Gasteiger partial charge in [-0.2, -0.15) is 0 Å². The van der Waals surface area contributed by atoms with Crippen LogP contribution in [0.3, 0.4) is 0 Å². The molecule has 0 aliphatic carbocycles. The highest BCUT2D eigenvalue weighted by Gasteiger charge is 2.24. The normalized spacial score (nSPS) is 22.7. The minimum atomic E-state index is 0.688. The maximum atomic E-state index is 3.53. The molecule has 0 aromatic heterocycles. The monoisotopic (exact) mass is 226 g/mol. The third kappa shape index (κ3) is 4.06. The van der Waals surface area contributed by atoms with Gasteiger partial charge in [0.2, 0.25) is 0 Å². The first kappa shape index (κ1) is 14.0. The van der Waals surface area contributed by atoms with Gasteiger partial charge in [0.1, 0.15) is 0 Å². The number of hydrogen-bond donors (Lipinski definition) is 1. The van der Waals surface area contributed by atoms with Gasteiger partial charge in [0.05, 0.1) is 0 Å². The smallest absolute Gasteiger partial charge is 0.0246 e. The van der Waals surface area contributed by atoms with Crippen molar-refractivity contribution >= 4 is 0 Å². The zero-order chi connectivity index (χ0) is 11.8. The predicted octanol–water partition coefficient (Wildman–Crippen LogP) is 3.03. The quantitative estimate of drug-likeness (QED) is 0.749. The Bertz CT molecular complexity index is 162. The first-order valence-electron chi connectivity index (χ1n) is 7.24. The lowest BCUT2D eigenvalue weighted by atomic mass is 9.99. The molecule has 0 radical (unpaired) electrons. The lowest BCUT2D eigenvalue weighted by molar-refractivity contribution is 0.155. The maximum Gasteiger partial charge on any atom is 0.0246 e. The molecule has 0 saturated carbocycles.